The number of nitrogens with one attached hydrogen (secondary N) is 1. The number of ether oxygens (including phenoxy) is 1. The molecule has 2 rings (SSSR count). The van der Waals surface area contributed by atoms with Gasteiger partial charge in [0, 0.05) is 25.7 Å². The Bertz CT molecular complexity index is 712. The van der Waals surface area contributed by atoms with E-state index in [0.29, 0.717) is 24.8 Å². The number of benzene rings is 2. The van der Waals surface area contributed by atoms with Gasteiger partial charge in [-0.2, -0.15) is 0 Å². The smallest absolute Gasteiger partial charge is 0.258 e. The van der Waals surface area contributed by atoms with E-state index in [1.807, 2.05) is 42.5 Å². The number of amides is 2. The van der Waals surface area contributed by atoms with Crippen molar-refractivity contribution in [2.24, 2.45) is 0 Å². The van der Waals surface area contributed by atoms with Gasteiger partial charge in [0.25, 0.3) is 5.91 Å². The Morgan fingerprint density at radius 1 is 1.04 bits per heavy atom. The zero-order valence-corrected chi connectivity index (χ0v) is 15.6. The number of para-hydroxylation sites is 1. The lowest BCUT2D eigenvalue weighted by atomic mass is 10.0. The summed E-state index contributed by atoms with van der Waals surface area (Å²) < 4.78 is 5.40. The molecule has 0 unspecified atom stereocenters. The van der Waals surface area contributed by atoms with Crippen molar-refractivity contribution < 1.29 is 14.3 Å². The minimum atomic E-state index is -0.215. The Labute approximate surface area is 155 Å². The van der Waals surface area contributed by atoms with Gasteiger partial charge >= 0.3 is 0 Å². The van der Waals surface area contributed by atoms with Gasteiger partial charge in [-0.05, 0) is 35.7 Å². The summed E-state index contributed by atoms with van der Waals surface area (Å²) in [5.74, 6) is 0.821. The lowest BCUT2D eigenvalue weighted by Gasteiger charge is -2.22. The van der Waals surface area contributed by atoms with Crippen molar-refractivity contribution in [3.05, 3.63) is 60.2 Å². The van der Waals surface area contributed by atoms with Crippen molar-refractivity contribution in [2.45, 2.75) is 26.7 Å². The van der Waals surface area contributed by atoms with Gasteiger partial charge in [-0.3, -0.25) is 9.59 Å². The largest absolute Gasteiger partial charge is 0.484 e. The third-order valence-electron chi connectivity index (χ3n) is 4.02. The molecule has 0 radical (unpaired) electrons. The van der Waals surface area contributed by atoms with Gasteiger partial charge in [0.1, 0.15) is 5.75 Å². The molecule has 2 amide bonds. The molecule has 138 valence electrons. The molecule has 0 saturated carbocycles. The van der Waals surface area contributed by atoms with Crippen LogP contribution in [0, 0.1) is 0 Å². The Balaban J connectivity index is 1.82. The van der Waals surface area contributed by atoms with Gasteiger partial charge in [0.15, 0.2) is 6.61 Å². The molecule has 26 heavy (non-hydrogen) atoms. The van der Waals surface area contributed by atoms with Gasteiger partial charge in [0.2, 0.25) is 5.91 Å². The fourth-order valence-corrected chi connectivity index (χ4v) is 2.53. The predicted octanol–water partition coefficient (Wildman–Crippen LogP) is 3.36. The Morgan fingerprint density at radius 2 is 1.69 bits per heavy atom. The highest BCUT2D eigenvalue weighted by atomic mass is 16.5. The lowest BCUT2D eigenvalue weighted by molar-refractivity contribution is -0.123. The van der Waals surface area contributed by atoms with E-state index >= 15 is 0 Å². The summed E-state index contributed by atoms with van der Waals surface area (Å²) in [5, 5.41) is 2.78. The van der Waals surface area contributed by atoms with Crippen LogP contribution < -0.4 is 15.0 Å². The van der Waals surface area contributed by atoms with E-state index in [4.69, 9.17) is 4.74 Å². The quantitative estimate of drug-likeness (QED) is 0.791. The molecule has 0 aliphatic carbocycles. The maximum atomic E-state index is 11.9. The van der Waals surface area contributed by atoms with E-state index in [0.717, 1.165) is 5.69 Å². The van der Waals surface area contributed by atoms with Crippen LogP contribution in [0.25, 0.3) is 0 Å². The van der Waals surface area contributed by atoms with Gasteiger partial charge in [-0.1, -0.05) is 44.2 Å². The van der Waals surface area contributed by atoms with Crippen molar-refractivity contribution in [3.8, 4) is 5.75 Å². The number of nitrogens with zero attached hydrogens (tertiary/aromatic N) is 1. The lowest BCUT2D eigenvalue weighted by Crippen LogP contribution is -2.39. The molecular formula is C21H26N2O3. The minimum absolute atomic E-state index is 0.0484. The first-order valence-electron chi connectivity index (χ1n) is 8.80. The average molecular weight is 354 g/mol. The zero-order valence-electron chi connectivity index (χ0n) is 15.6. The number of carbonyl (C=O) groups is 2. The maximum Gasteiger partial charge on any atom is 0.258 e. The molecule has 2 aromatic carbocycles. The number of hydrogen-bond acceptors (Lipinski definition) is 3. The van der Waals surface area contributed by atoms with Crippen molar-refractivity contribution in [2.75, 3.05) is 24.6 Å². The topological polar surface area (TPSA) is 58.6 Å². The van der Waals surface area contributed by atoms with E-state index < -0.39 is 0 Å². The van der Waals surface area contributed by atoms with Gasteiger partial charge < -0.3 is 15.0 Å². The normalized spacial score (nSPS) is 10.5. The first kappa shape index (κ1) is 19.5. The first-order chi connectivity index (χ1) is 12.5. The monoisotopic (exact) mass is 354 g/mol. The summed E-state index contributed by atoms with van der Waals surface area (Å²) in [7, 11) is 0. The third kappa shape index (κ3) is 5.92. The molecule has 0 bridgehead atoms. The second-order valence-corrected chi connectivity index (χ2v) is 6.37. The fraction of sp³-hybridized carbons (Fsp3) is 0.333. The summed E-state index contributed by atoms with van der Waals surface area (Å²) in [6, 6.07) is 17.1. The zero-order chi connectivity index (χ0) is 18.9. The fourth-order valence-electron chi connectivity index (χ4n) is 2.53. The molecule has 1 N–H and O–H groups in total. The molecule has 0 aromatic heterocycles. The van der Waals surface area contributed by atoms with Crippen LogP contribution in [0.15, 0.2) is 54.6 Å². The molecule has 0 fully saturated rings. The molecule has 0 spiro atoms. The molecular weight excluding hydrogens is 328 g/mol. The summed E-state index contributed by atoms with van der Waals surface area (Å²) in [6.07, 6.45) is 0. The van der Waals surface area contributed by atoms with E-state index in [2.05, 4.69) is 19.2 Å². The highest BCUT2D eigenvalue weighted by Crippen LogP contribution is 2.20. The average Bonchev–Trinajstić information content (AvgIpc) is 2.64. The molecule has 0 aliphatic heterocycles. The first-order valence-corrected chi connectivity index (χ1v) is 8.80. The summed E-state index contributed by atoms with van der Waals surface area (Å²) >= 11 is 0. The van der Waals surface area contributed by atoms with Gasteiger partial charge in [0.05, 0.1) is 0 Å². The Hall–Kier alpha value is -2.82. The molecule has 0 atom stereocenters. The highest BCUT2D eigenvalue weighted by molar-refractivity contribution is 5.91. The van der Waals surface area contributed by atoms with Gasteiger partial charge in [-0.25, -0.2) is 0 Å². The predicted molar refractivity (Wildman–Crippen MR) is 104 cm³/mol. The van der Waals surface area contributed by atoms with E-state index in [1.165, 1.54) is 12.5 Å². The van der Waals surface area contributed by atoms with Crippen LogP contribution in [0.5, 0.6) is 5.75 Å². The maximum absolute atomic E-state index is 11.9. The summed E-state index contributed by atoms with van der Waals surface area (Å²) in [6.45, 7) is 6.51. The SMILES string of the molecule is CC(=O)N(CCNC(=O)COc1ccccc1)c1ccc(C(C)C)cc1. The van der Waals surface area contributed by atoms with Crippen molar-refractivity contribution in [1.29, 1.82) is 0 Å². The highest BCUT2D eigenvalue weighted by Gasteiger charge is 2.12. The summed E-state index contributed by atoms with van der Waals surface area (Å²) in [5.41, 5.74) is 2.06. The molecule has 0 saturated heterocycles. The van der Waals surface area contributed by atoms with Crippen LogP contribution in [0.1, 0.15) is 32.3 Å². The molecule has 0 heterocycles. The minimum Gasteiger partial charge on any atom is -0.484 e. The van der Waals surface area contributed by atoms with Crippen molar-refractivity contribution in [1.82, 2.24) is 5.32 Å². The second-order valence-electron chi connectivity index (χ2n) is 6.37. The number of anilines is 1. The summed E-state index contributed by atoms with van der Waals surface area (Å²) in [4.78, 5) is 25.5. The molecule has 0 aliphatic rings. The Kier molecular flexibility index (Phi) is 7.21. The van der Waals surface area contributed by atoms with E-state index in [9.17, 15) is 9.59 Å². The van der Waals surface area contributed by atoms with Crippen molar-refractivity contribution >= 4 is 17.5 Å². The number of carbonyl (C=O) groups excluding carboxylic acids is 2. The van der Waals surface area contributed by atoms with Gasteiger partial charge in [-0.15, -0.1) is 0 Å². The van der Waals surface area contributed by atoms with Crippen LogP contribution >= 0.6 is 0 Å². The van der Waals surface area contributed by atoms with Crippen LogP contribution in [-0.4, -0.2) is 31.5 Å². The van der Waals surface area contributed by atoms with Crippen LogP contribution in [0.3, 0.4) is 0 Å². The van der Waals surface area contributed by atoms with Crippen molar-refractivity contribution in [3.63, 3.8) is 0 Å². The van der Waals surface area contributed by atoms with E-state index in [-0.39, 0.29) is 18.4 Å². The second kappa shape index (κ2) is 9.61. The van der Waals surface area contributed by atoms with Crippen LogP contribution in [0.2, 0.25) is 0 Å². The number of rotatable bonds is 8. The number of hydrogen-bond donors (Lipinski definition) is 1. The third-order valence-corrected chi connectivity index (χ3v) is 4.02. The van der Waals surface area contributed by atoms with Crippen LogP contribution in [-0.2, 0) is 9.59 Å². The van der Waals surface area contributed by atoms with E-state index in [1.54, 1.807) is 17.0 Å². The molecule has 5 heteroatoms. The van der Waals surface area contributed by atoms with Crippen LogP contribution in [0.4, 0.5) is 5.69 Å². The standard InChI is InChI=1S/C21H26N2O3/c1-16(2)18-9-11-19(12-10-18)23(17(3)24)14-13-22-21(25)15-26-20-7-5-4-6-8-20/h4-12,16H,13-15H2,1-3H3,(H,22,25). The molecule has 2 aromatic rings. The Morgan fingerprint density at radius 3 is 2.27 bits per heavy atom. The molecule has 5 nitrogen and oxygen atoms in total.